The first-order chi connectivity index (χ1) is 9.23. The Bertz CT molecular complexity index is 416. The van der Waals surface area contributed by atoms with Crippen LogP contribution in [0, 0.1) is 5.92 Å². The molecule has 20 heavy (non-hydrogen) atoms. The molecule has 0 aromatic rings. The highest BCUT2D eigenvalue weighted by atomic mass is 32.2. The van der Waals surface area contributed by atoms with E-state index in [1.165, 1.54) is 11.4 Å². The van der Waals surface area contributed by atoms with Crippen molar-refractivity contribution < 1.29 is 18.3 Å². The van der Waals surface area contributed by atoms with Crippen molar-refractivity contribution in [3.05, 3.63) is 0 Å². The van der Waals surface area contributed by atoms with E-state index < -0.39 is 16.2 Å². The fraction of sp³-hybridized carbons (Fsp3) is 0.917. The fourth-order valence-corrected chi connectivity index (χ4v) is 3.57. The van der Waals surface area contributed by atoms with Crippen molar-refractivity contribution in [2.45, 2.75) is 20.3 Å². The van der Waals surface area contributed by atoms with Crippen LogP contribution in [0.3, 0.4) is 0 Å². The van der Waals surface area contributed by atoms with Crippen LogP contribution in [0.1, 0.15) is 20.3 Å². The molecule has 0 saturated carbocycles. The molecule has 0 spiro atoms. The van der Waals surface area contributed by atoms with Gasteiger partial charge in [-0.1, -0.05) is 13.8 Å². The molecule has 0 amide bonds. The van der Waals surface area contributed by atoms with Crippen LogP contribution in [0.2, 0.25) is 0 Å². The SMILES string of the molecule is CC(C)CN1CCN(S(=O)(=O)N(C)CCC(=O)O)CC1. The Balaban J connectivity index is 2.51. The molecule has 7 nitrogen and oxygen atoms in total. The molecule has 1 rings (SSSR count). The second-order valence-corrected chi connectivity index (χ2v) is 7.60. The van der Waals surface area contributed by atoms with Gasteiger partial charge in [0.15, 0.2) is 0 Å². The van der Waals surface area contributed by atoms with Crippen molar-refractivity contribution in [2.75, 3.05) is 46.3 Å². The minimum atomic E-state index is -3.53. The number of aliphatic carboxylic acids is 1. The zero-order valence-corrected chi connectivity index (χ0v) is 13.3. The molecule has 1 fully saturated rings. The molecule has 1 saturated heterocycles. The lowest BCUT2D eigenvalue weighted by Crippen LogP contribution is -2.53. The normalized spacial score (nSPS) is 18.9. The zero-order chi connectivity index (χ0) is 15.3. The van der Waals surface area contributed by atoms with Crippen molar-refractivity contribution in [2.24, 2.45) is 5.92 Å². The van der Waals surface area contributed by atoms with Crippen LogP contribution in [0.4, 0.5) is 0 Å². The average molecular weight is 307 g/mol. The molecule has 118 valence electrons. The molecule has 1 aliphatic rings. The number of hydrogen-bond donors (Lipinski definition) is 1. The summed E-state index contributed by atoms with van der Waals surface area (Å²) in [4.78, 5) is 12.8. The second kappa shape index (κ2) is 7.35. The second-order valence-electron chi connectivity index (χ2n) is 5.57. The minimum Gasteiger partial charge on any atom is -0.481 e. The van der Waals surface area contributed by atoms with E-state index in [0.29, 0.717) is 19.0 Å². The minimum absolute atomic E-state index is 0.00384. The van der Waals surface area contributed by atoms with Gasteiger partial charge in [-0.25, -0.2) is 0 Å². The van der Waals surface area contributed by atoms with E-state index in [0.717, 1.165) is 23.9 Å². The third-order valence-electron chi connectivity index (χ3n) is 3.32. The lowest BCUT2D eigenvalue weighted by Gasteiger charge is -2.36. The van der Waals surface area contributed by atoms with Crippen molar-refractivity contribution >= 4 is 16.2 Å². The van der Waals surface area contributed by atoms with Crippen molar-refractivity contribution in [1.29, 1.82) is 0 Å². The van der Waals surface area contributed by atoms with Gasteiger partial charge >= 0.3 is 5.97 Å². The summed E-state index contributed by atoms with van der Waals surface area (Å²) in [5.74, 6) is -0.426. The largest absolute Gasteiger partial charge is 0.481 e. The van der Waals surface area contributed by atoms with Crippen molar-refractivity contribution in [3.63, 3.8) is 0 Å². The topological polar surface area (TPSA) is 81.2 Å². The van der Waals surface area contributed by atoms with E-state index >= 15 is 0 Å². The summed E-state index contributed by atoms with van der Waals surface area (Å²) in [6.45, 7) is 7.64. The quantitative estimate of drug-likeness (QED) is 0.711. The number of hydrogen-bond acceptors (Lipinski definition) is 4. The van der Waals surface area contributed by atoms with Crippen molar-refractivity contribution in [3.8, 4) is 0 Å². The summed E-state index contributed by atoms with van der Waals surface area (Å²) in [5, 5.41) is 8.62. The summed E-state index contributed by atoms with van der Waals surface area (Å²) in [5.41, 5.74) is 0. The molecular weight excluding hydrogens is 282 g/mol. The van der Waals surface area contributed by atoms with E-state index in [9.17, 15) is 13.2 Å². The fourth-order valence-electron chi connectivity index (χ4n) is 2.22. The highest BCUT2D eigenvalue weighted by Gasteiger charge is 2.30. The van der Waals surface area contributed by atoms with E-state index in [1.807, 2.05) is 0 Å². The van der Waals surface area contributed by atoms with Gasteiger partial charge in [0.25, 0.3) is 10.2 Å². The predicted octanol–water partition coefficient (Wildman–Crippen LogP) is -0.0887. The van der Waals surface area contributed by atoms with E-state index in [2.05, 4.69) is 18.7 Å². The van der Waals surface area contributed by atoms with Gasteiger partial charge in [-0.05, 0) is 5.92 Å². The Labute approximate surface area is 121 Å². The van der Waals surface area contributed by atoms with E-state index in [-0.39, 0.29) is 13.0 Å². The molecule has 0 bridgehead atoms. The maximum Gasteiger partial charge on any atom is 0.304 e. The summed E-state index contributed by atoms with van der Waals surface area (Å²) < 4.78 is 27.1. The molecular formula is C12H25N3O4S. The van der Waals surface area contributed by atoms with Crippen LogP contribution in [0.5, 0.6) is 0 Å². The molecule has 0 unspecified atom stereocenters. The smallest absolute Gasteiger partial charge is 0.304 e. The summed E-state index contributed by atoms with van der Waals surface area (Å²) in [7, 11) is -2.10. The Morgan fingerprint density at radius 1 is 1.25 bits per heavy atom. The number of carboxylic acids is 1. The molecule has 0 radical (unpaired) electrons. The Morgan fingerprint density at radius 3 is 2.25 bits per heavy atom. The molecule has 0 aromatic carbocycles. The first kappa shape index (κ1) is 17.4. The van der Waals surface area contributed by atoms with Gasteiger partial charge in [0, 0.05) is 46.3 Å². The predicted molar refractivity (Wildman–Crippen MR) is 76.7 cm³/mol. The average Bonchev–Trinajstić information content (AvgIpc) is 2.35. The third-order valence-corrected chi connectivity index (χ3v) is 5.30. The van der Waals surface area contributed by atoms with Gasteiger partial charge < -0.3 is 10.0 Å². The van der Waals surface area contributed by atoms with Gasteiger partial charge in [0.2, 0.25) is 0 Å². The van der Waals surface area contributed by atoms with Crippen LogP contribution in [0.25, 0.3) is 0 Å². The van der Waals surface area contributed by atoms with E-state index in [4.69, 9.17) is 5.11 Å². The monoisotopic (exact) mass is 307 g/mol. The van der Waals surface area contributed by atoms with E-state index in [1.54, 1.807) is 0 Å². The number of rotatable bonds is 7. The summed E-state index contributed by atoms with van der Waals surface area (Å²) >= 11 is 0. The Hall–Kier alpha value is -0.700. The number of piperazine rings is 1. The van der Waals surface area contributed by atoms with Gasteiger partial charge in [-0.2, -0.15) is 17.0 Å². The molecule has 1 heterocycles. The first-order valence-electron chi connectivity index (χ1n) is 6.89. The van der Waals surface area contributed by atoms with Gasteiger partial charge in [-0.3, -0.25) is 4.79 Å². The Kier molecular flexibility index (Phi) is 6.38. The number of carboxylic acid groups (broad SMARTS) is 1. The highest BCUT2D eigenvalue weighted by molar-refractivity contribution is 7.86. The van der Waals surface area contributed by atoms with Crippen LogP contribution in [-0.2, 0) is 15.0 Å². The zero-order valence-electron chi connectivity index (χ0n) is 12.4. The van der Waals surface area contributed by atoms with Gasteiger partial charge in [-0.15, -0.1) is 0 Å². The van der Waals surface area contributed by atoms with Crippen molar-refractivity contribution in [1.82, 2.24) is 13.5 Å². The molecule has 8 heteroatoms. The van der Waals surface area contributed by atoms with Gasteiger partial charge in [0.05, 0.1) is 6.42 Å². The molecule has 0 atom stereocenters. The standard InChI is InChI=1S/C12H25N3O4S/c1-11(2)10-14-6-8-15(9-7-14)20(18,19)13(3)5-4-12(16)17/h11H,4-10H2,1-3H3,(H,16,17). The molecule has 0 aromatic heterocycles. The maximum atomic E-state index is 12.3. The lowest BCUT2D eigenvalue weighted by molar-refractivity contribution is -0.137. The maximum absolute atomic E-state index is 12.3. The highest BCUT2D eigenvalue weighted by Crippen LogP contribution is 2.12. The van der Waals surface area contributed by atoms with Crippen LogP contribution < -0.4 is 0 Å². The summed E-state index contributed by atoms with van der Waals surface area (Å²) in [6, 6.07) is 0. The summed E-state index contributed by atoms with van der Waals surface area (Å²) in [6.07, 6.45) is -0.178. The van der Waals surface area contributed by atoms with Crippen LogP contribution in [-0.4, -0.2) is 79.3 Å². The first-order valence-corrected chi connectivity index (χ1v) is 8.28. The Morgan fingerprint density at radius 2 is 1.80 bits per heavy atom. The van der Waals surface area contributed by atoms with Crippen LogP contribution in [0.15, 0.2) is 0 Å². The number of nitrogens with zero attached hydrogens (tertiary/aromatic N) is 3. The molecule has 1 N–H and O–H groups in total. The lowest BCUT2D eigenvalue weighted by atomic mass is 10.2. The van der Waals surface area contributed by atoms with Gasteiger partial charge in [0.1, 0.15) is 0 Å². The third kappa shape index (κ3) is 5.01. The molecule has 1 aliphatic heterocycles. The van der Waals surface area contributed by atoms with Crippen LogP contribution >= 0.6 is 0 Å². The molecule has 0 aliphatic carbocycles. The number of carbonyl (C=O) groups is 1.